The zero-order valence-electron chi connectivity index (χ0n) is 18.4. The highest BCUT2D eigenvalue weighted by atomic mass is 127. The van der Waals surface area contributed by atoms with Crippen molar-refractivity contribution in [3.8, 4) is 5.75 Å². The molecule has 0 spiro atoms. The second kappa shape index (κ2) is 13.2. The van der Waals surface area contributed by atoms with Gasteiger partial charge in [0.05, 0.1) is 6.61 Å². The Hall–Kier alpha value is -2.29. The van der Waals surface area contributed by atoms with Crippen LogP contribution in [0.15, 0.2) is 53.5 Å². The Balaban J connectivity index is 0.00000341. The summed E-state index contributed by atoms with van der Waals surface area (Å²) in [7, 11) is 1.75. The summed E-state index contributed by atoms with van der Waals surface area (Å²) in [5, 5.41) is 6.65. The molecule has 168 valence electrons. The number of amides is 1. The maximum absolute atomic E-state index is 12.6. The van der Waals surface area contributed by atoms with Crippen molar-refractivity contribution in [3.05, 3.63) is 65.2 Å². The molecule has 0 radical (unpaired) electrons. The second-order valence-electron chi connectivity index (χ2n) is 7.37. The molecule has 1 saturated heterocycles. The Labute approximate surface area is 202 Å². The first-order valence-electron chi connectivity index (χ1n) is 10.7. The monoisotopic (exact) mass is 536 g/mol. The van der Waals surface area contributed by atoms with Crippen LogP contribution < -0.4 is 15.4 Å². The molecule has 0 saturated carbocycles. The minimum absolute atomic E-state index is 0. The minimum Gasteiger partial charge on any atom is -0.494 e. The van der Waals surface area contributed by atoms with Crippen molar-refractivity contribution in [2.75, 3.05) is 26.7 Å². The molecule has 1 aliphatic heterocycles. The molecule has 2 aromatic carbocycles. The van der Waals surface area contributed by atoms with Gasteiger partial charge < -0.3 is 20.3 Å². The van der Waals surface area contributed by atoms with E-state index < -0.39 is 0 Å². The lowest BCUT2D eigenvalue weighted by atomic mass is 10.1. The summed E-state index contributed by atoms with van der Waals surface area (Å²) in [6, 6.07) is 15.8. The van der Waals surface area contributed by atoms with Crippen LogP contribution in [0.4, 0.5) is 0 Å². The summed E-state index contributed by atoms with van der Waals surface area (Å²) in [4.78, 5) is 18.8. The first-order valence-corrected chi connectivity index (χ1v) is 10.7. The maximum atomic E-state index is 12.6. The molecule has 1 aliphatic rings. The molecule has 0 atom stereocenters. The van der Waals surface area contributed by atoms with Gasteiger partial charge in [-0.2, -0.15) is 0 Å². The molecule has 6 nitrogen and oxygen atoms in total. The Bertz CT molecular complexity index is 849. The van der Waals surface area contributed by atoms with Crippen LogP contribution in [0.1, 0.15) is 47.7 Å². The molecule has 3 rings (SSSR count). The third kappa shape index (κ3) is 7.41. The number of carbonyl (C=O) groups excluding carboxylic acids is 1. The molecule has 0 aliphatic carbocycles. The van der Waals surface area contributed by atoms with E-state index in [9.17, 15) is 4.79 Å². The van der Waals surface area contributed by atoms with Crippen LogP contribution >= 0.6 is 24.0 Å². The van der Waals surface area contributed by atoms with Gasteiger partial charge in [0.25, 0.3) is 5.91 Å². The number of hydrogen-bond donors (Lipinski definition) is 2. The number of halogens is 1. The van der Waals surface area contributed by atoms with Crippen molar-refractivity contribution < 1.29 is 9.53 Å². The van der Waals surface area contributed by atoms with E-state index in [-0.39, 0.29) is 29.9 Å². The predicted molar refractivity (Wildman–Crippen MR) is 136 cm³/mol. The molecule has 1 heterocycles. The van der Waals surface area contributed by atoms with Crippen molar-refractivity contribution in [1.82, 2.24) is 15.5 Å². The van der Waals surface area contributed by atoms with Gasteiger partial charge in [0.1, 0.15) is 5.75 Å². The van der Waals surface area contributed by atoms with Crippen molar-refractivity contribution >= 4 is 35.8 Å². The number of aliphatic imine (C=N–C) groups is 1. The molecular weight excluding hydrogens is 503 g/mol. The van der Waals surface area contributed by atoms with Gasteiger partial charge in [0.2, 0.25) is 0 Å². The highest BCUT2D eigenvalue weighted by Crippen LogP contribution is 2.17. The van der Waals surface area contributed by atoms with Crippen LogP contribution in [0.3, 0.4) is 0 Å². The van der Waals surface area contributed by atoms with Crippen LogP contribution in [0.25, 0.3) is 0 Å². The summed E-state index contributed by atoms with van der Waals surface area (Å²) in [6.07, 6.45) is 3.44. The van der Waals surface area contributed by atoms with Gasteiger partial charge in [-0.1, -0.05) is 30.3 Å². The molecule has 1 amide bonds. The summed E-state index contributed by atoms with van der Waals surface area (Å²) >= 11 is 0. The fourth-order valence-corrected chi connectivity index (χ4v) is 3.58. The number of hydrogen-bond acceptors (Lipinski definition) is 3. The number of likely N-dealkylation sites (tertiary alicyclic amines) is 1. The lowest BCUT2D eigenvalue weighted by Crippen LogP contribution is -2.36. The number of piperidine rings is 1. The normalized spacial score (nSPS) is 13.9. The summed E-state index contributed by atoms with van der Waals surface area (Å²) in [5.41, 5.74) is 2.95. The molecule has 0 aromatic heterocycles. The molecule has 1 fully saturated rings. The third-order valence-electron chi connectivity index (χ3n) is 5.25. The molecule has 2 N–H and O–H groups in total. The van der Waals surface area contributed by atoms with Crippen molar-refractivity contribution in [1.29, 1.82) is 0 Å². The van der Waals surface area contributed by atoms with Crippen LogP contribution in [-0.4, -0.2) is 43.5 Å². The third-order valence-corrected chi connectivity index (χ3v) is 5.25. The second-order valence-corrected chi connectivity index (χ2v) is 7.37. The average molecular weight is 536 g/mol. The van der Waals surface area contributed by atoms with Gasteiger partial charge in [-0.05, 0) is 49.9 Å². The fraction of sp³-hybridized carbons (Fsp3) is 0.417. The van der Waals surface area contributed by atoms with Gasteiger partial charge >= 0.3 is 0 Å². The number of para-hydroxylation sites is 1. The van der Waals surface area contributed by atoms with Crippen molar-refractivity contribution in [3.63, 3.8) is 0 Å². The summed E-state index contributed by atoms with van der Waals surface area (Å²) in [6.45, 7) is 5.62. The van der Waals surface area contributed by atoms with E-state index in [0.29, 0.717) is 19.7 Å². The highest BCUT2D eigenvalue weighted by Gasteiger charge is 2.17. The SMILES string of the molecule is CCOc1ccccc1CNC(=NC)NCc1ccc(C(=O)N2CCCCC2)cc1.I. The van der Waals surface area contributed by atoms with Crippen LogP contribution in [0.2, 0.25) is 0 Å². The van der Waals surface area contributed by atoms with E-state index in [0.717, 1.165) is 54.3 Å². The molecule has 0 unspecified atom stereocenters. The Morgan fingerprint density at radius 2 is 1.68 bits per heavy atom. The van der Waals surface area contributed by atoms with E-state index in [1.54, 1.807) is 7.05 Å². The van der Waals surface area contributed by atoms with E-state index in [1.807, 2.05) is 60.4 Å². The van der Waals surface area contributed by atoms with Gasteiger partial charge in [-0.25, -0.2) is 0 Å². The first-order chi connectivity index (χ1) is 14.7. The minimum atomic E-state index is 0. The Morgan fingerprint density at radius 1 is 1.00 bits per heavy atom. The van der Waals surface area contributed by atoms with Gasteiger partial charge in [-0.15, -0.1) is 24.0 Å². The smallest absolute Gasteiger partial charge is 0.253 e. The van der Waals surface area contributed by atoms with Crippen molar-refractivity contribution in [2.24, 2.45) is 4.99 Å². The Morgan fingerprint density at radius 3 is 2.35 bits per heavy atom. The average Bonchev–Trinajstić information content (AvgIpc) is 2.81. The van der Waals surface area contributed by atoms with Gasteiger partial charge in [0, 0.05) is 44.4 Å². The zero-order chi connectivity index (χ0) is 21.2. The highest BCUT2D eigenvalue weighted by molar-refractivity contribution is 14.0. The van der Waals surface area contributed by atoms with Crippen molar-refractivity contribution in [2.45, 2.75) is 39.3 Å². The number of guanidine groups is 1. The number of nitrogens with one attached hydrogen (secondary N) is 2. The number of benzene rings is 2. The summed E-state index contributed by atoms with van der Waals surface area (Å²) < 4.78 is 5.68. The molecule has 7 heteroatoms. The number of ether oxygens (including phenoxy) is 1. The standard InChI is InChI=1S/C24H32N4O2.HI/c1-3-30-22-10-6-5-9-21(22)18-27-24(25-2)26-17-19-11-13-20(14-12-19)23(29)28-15-7-4-8-16-28;/h5-6,9-14H,3-4,7-8,15-18H2,1-2H3,(H2,25,26,27);1H. The van der Waals surface area contributed by atoms with E-state index >= 15 is 0 Å². The molecule has 0 bridgehead atoms. The Kier molecular flexibility index (Phi) is 10.6. The van der Waals surface area contributed by atoms with Crippen LogP contribution in [0, 0.1) is 0 Å². The summed E-state index contributed by atoms with van der Waals surface area (Å²) in [5.74, 6) is 1.74. The van der Waals surface area contributed by atoms with E-state index in [1.165, 1.54) is 6.42 Å². The number of carbonyl (C=O) groups is 1. The molecular formula is C24H33IN4O2. The maximum Gasteiger partial charge on any atom is 0.253 e. The van der Waals surface area contributed by atoms with Crippen LogP contribution in [-0.2, 0) is 13.1 Å². The number of rotatable bonds is 7. The largest absolute Gasteiger partial charge is 0.494 e. The first kappa shape index (κ1) is 25.0. The van der Waals surface area contributed by atoms with E-state index in [4.69, 9.17) is 4.74 Å². The topological polar surface area (TPSA) is 66.0 Å². The van der Waals surface area contributed by atoms with Gasteiger partial charge in [0.15, 0.2) is 5.96 Å². The zero-order valence-corrected chi connectivity index (χ0v) is 20.7. The quantitative estimate of drug-likeness (QED) is 0.317. The number of nitrogens with zero attached hydrogens (tertiary/aromatic N) is 2. The predicted octanol–water partition coefficient (Wildman–Crippen LogP) is 4.19. The van der Waals surface area contributed by atoms with Crippen LogP contribution in [0.5, 0.6) is 5.75 Å². The lowest BCUT2D eigenvalue weighted by Gasteiger charge is -2.26. The molecule has 31 heavy (non-hydrogen) atoms. The van der Waals surface area contributed by atoms with E-state index in [2.05, 4.69) is 15.6 Å². The lowest BCUT2D eigenvalue weighted by molar-refractivity contribution is 0.0724. The molecule has 2 aromatic rings. The fourth-order valence-electron chi connectivity index (χ4n) is 3.58. The van der Waals surface area contributed by atoms with Gasteiger partial charge in [-0.3, -0.25) is 9.79 Å².